The topological polar surface area (TPSA) is 56.1 Å². The van der Waals surface area contributed by atoms with Gasteiger partial charge in [0.05, 0.1) is 10.4 Å². The molecule has 0 N–H and O–H groups in total. The van der Waals surface area contributed by atoms with Crippen molar-refractivity contribution in [2.24, 2.45) is 0 Å². The van der Waals surface area contributed by atoms with Crippen molar-refractivity contribution in [2.45, 2.75) is 11.8 Å². The zero-order valence-corrected chi connectivity index (χ0v) is 12.2. The van der Waals surface area contributed by atoms with Gasteiger partial charge in [-0.2, -0.15) is 0 Å². The third kappa shape index (κ3) is 2.25. The van der Waals surface area contributed by atoms with Crippen LogP contribution in [0.4, 0.5) is 0 Å². The molecule has 0 fully saturated rings. The van der Waals surface area contributed by atoms with E-state index in [4.69, 9.17) is 0 Å². The van der Waals surface area contributed by atoms with Crippen molar-refractivity contribution in [3.63, 3.8) is 0 Å². The van der Waals surface area contributed by atoms with E-state index in [1.165, 1.54) is 35.2 Å². The molecule has 0 aliphatic heterocycles. The van der Waals surface area contributed by atoms with Gasteiger partial charge in [0.15, 0.2) is 5.78 Å². The summed E-state index contributed by atoms with van der Waals surface area (Å²) in [4.78, 5) is 11.4. The first kappa shape index (κ1) is 13.6. The van der Waals surface area contributed by atoms with Gasteiger partial charge in [-0.1, -0.05) is 30.3 Å². The van der Waals surface area contributed by atoms with Crippen LogP contribution >= 0.6 is 0 Å². The Bertz CT molecular complexity index is 922. The molecule has 1 heterocycles. The van der Waals surface area contributed by atoms with E-state index in [-0.39, 0.29) is 10.7 Å². The fraction of sp³-hybridized carbons (Fsp3) is 0.0625. The average molecular weight is 299 g/mol. The molecule has 21 heavy (non-hydrogen) atoms. The molecule has 0 saturated carbocycles. The molecule has 5 heteroatoms. The zero-order chi connectivity index (χ0) is 15.0. The molecule has 0 bridgehead atoms. The number of Topliss-reactive ketones (excluding diaryl/α,β-unsaturated/α-hetero) is 1. The highest BCUT2D eigenvalue weighted by Crippen LogP contribution is 2.22. The Morgan fingerprint density at radius 1 is 0.952 bits per heavy atom. The molecule has 0 spiro atoms. The van der Waals surface area contributed by atoms with Crippen LogP contribution in [0.1, 0.15) is 17.3 Å². The maximum Gasteiger partial charge on any atom is 0.268 e. The molecule has 3 aromatic rings. The van der Waals surface area contributed by atoms with Crippen LogP contribution in [-0.2, 0) is 10.0 Å². The second-order valence-corrected chi connectivity index (χ2v) is 6.57. The monoisotopic (exact) mass is 299 g/mol. The summed E-state index contributed by atoms with van der Waals surface area (Å²) in [5, 5.41) is 0.862. The second kappa shape index (κ2) is 4.86. The summed E-state index contributed by atoms with van der Waals surface area (Å²) in [5.74, 6) is -0.0923. The Balaban J connectivity index is 2.14. The van der Waals surface area contributed by atoms with Gasteiger partial charge < -0.3 is 0 Å². The fourth-order valence-corrected chi connectivity index (χ4v) is 3.60. The molecule has 2 aromatic carbocycles. The quantitative estimate of drug-likeness (QED) is 0.698. The van der Waals surface area contributed by atoms with Crippen molar-refractivity contribution in [2.75, 3.05) is 0 Å². The minimum Gasteiger partial charge on any atom is -0.295 e. The highest BCUT2D eigenvalue weighted by atomic mass is 32.2. The summed E-state index contributed by atoms with van der Waals surface area (Å²) in [5.41, 5.74) is 1.12. The van der Waals surface area contributed by atoms with Crippen LogP contribution in [0.25, 0.3) is 10.9 Å². The number of para-hydroxylation sites is 1. The van der Waals surface area contributed by atoms with Gasteiger partial charge in [-0.05, 0) is 31.2 Å². The number of aromatic nitrogens is 1. The molecule has 0 radical (unpaired) electrons. The summed E-state index contributed by atoms with van der Waals surface area (Å²) in [6.45, 7) is 1.45. The van der Waals surface area contributed by atoms with Gasteiger partial charge in [0.25, 0.3) is 10.0 Å². The van der Waals surface area contributed by atoms with Crippen LogP contribution in [0.15, 0.2) is 65.7 Å². The summed E-state index contributed by atoms with van der Waals surface area (Å²) < 4.78 is 26.6. The first-order chi connectivity index (χ1) is 10.00. The molecule has 3 rings (SSSR count). The molecule has 1 aromatic heterocycles. The maximum absolute atomic E-state index is 12.7. The lowest BCUT2D eigenvalue weighted by Gasteiger charge is -2.08. The predicted molar refractivity (Wildman–Crippen MR) is 81.0 cm³/mol. The van der Waals surface area contributed by atoms with E-state index < -0.39 is 10.0 Å². The first-order valence-corrected chi connectivity index (χ1v) is 7.87. The van der Waals surface area contributed by atoms with E-state index in [1.54, 1.807) is 24.4 Å². The standard InChI is InChI=1S/C16H13NO3S/c1-12(18)13-6-8-15(9-7-13)21(19,20)17-11-10-14-4-2-3-5-16(14)17/h2-11H,1H3. The van der Waals surface area contributed by atoms with Crippen LogP contribution in [0.2, 0.25) is 0 Å². The van der Waals surface area contributed by atoms with Gasteiger partial charge >= 0.3 is 0 Å². The van der Waals surface area contributed by atoms with Gasteiger partial charge in [0.2, 0.25) is 0 Å². The number of rotatable bonds is 3. The molecule has 0 aliphatic rings. The first-order valence-electron chi connectivity index (χ1n) is 6.43. The highest BCUT2D eigenvalue weighted by Gasteiger charge is 2.18. The van der Waals surface area contributed by atoms with Gasteiger partial charge in [0, 0.05) is 17.1 Å². The minimum absolute atomic E-state index is 0.0923. The lowest BCUT2D eigenvalue weighted by molar-refractivity contribution is 0.101. The van der Waals surface area contributed by atoms with E-state index >= 15 is 0 Å². The normalized spacial score (nSPS) is 11.7. The molecule has 0 atom stereocenters. The number of benzene rings is 2. The third-order valence-corrected chi connectivity index (χ3v) is 5.09. The largest absolute Gasteiger partial charge is 0.295 e. The molecule has 0 saturated heterocycles. The van der Waals surface area contributed by atoms with Gasteiger partial charge in [0.1, 0.15) is 0 Å². The van der Waals surface area contributed by atoms with Crippen LogP contribution in [0.3, 0.4) is 0 Å². The van der Waals surface area contributed by atoms with Gasteiger partial charge in [-0.3, -0.25) is 4.79 Å². The van der Waals surface area contributed by atoms with Crippen molar-refractivity contribution in [1.82, 2.24) is 3.97 Å². The van der Waals surface area contributed by atoms with E-state index in [9.17, 15) is 13.2 Å². The number of carbonyl (C=O) groups is 1. The van der Waals surface area contributed by atoms with Crippen LogP contribution in [0, 0.1) is 0 Å². The summed E-state index contributed by atoms with van der Waals surface area (Å²) >= 11 is 0. The van der Waals surface area contributed by atoms with Crippen molar-refractivity contribution < 1.29 is 13.2 Å². The predicted octanol–water partition coefficient (Wildman–Crippen LogP) is 3.08. The minimum atomic E-state index is -3.66. The molecular weight excluding hydrogens is 286 g/mol. The SMILES string of the molecule is CC(=O)c1ccc(S(=O)(=O)n2ccc3ccccc32)cc1. The third-order valence-electron chi connectivity index (χ3n) is 3.38. The molecule has 0 unspecified atom stereocenters. The lowest BCUT2D eigenvalue weighted by Crippen LogP contribution is -2.11. The Labute approximate surface area is 122 Å². The zero-order valence-electron chi connectivity index (χ0n) is 11.4. The van der Waals surface area contributed by atoms with Crippen molar-refractivity contribution in [3.8, 4) is 0 Å². The van der Waals surface area contributed by atoms with E-state index in [0.717, 1.165) is 5.39 Å². The van der Waals surface area contributed by atoms with E-state index in [2.05, 4.69) is 0 Å². The van der Waals surface area contributed by atoms with Crippen LogP contribution < -0.4 is 0 Å². The van der Waals surface area contributed by atoms with Crippen molar-refractivity contribution in [3.05, 3.63) is 66.4 Å². The molecule has 0 amide bonds. The number of hydrogen-bond acceptors (Lipinski definition) is 3. The molecule has 0 aliphatic carbocycles. The van der Waals surface area contributed by atoms with Crippen molar-refractivity contribution in [1.29, 1.82) is 0 Å². The molecule has 4 nitrogen and oxygen atoms in total. The van der Waals surface area contributed by atoms with Crippen LogP contribution in [-0.4, -0.2) is 18.2 Å². The van der Waals surface area contributed by atoms with E-state index in [0.29, 0.717) is 11.1 Å². The number of ketones is 1. The smallest absolute Gasteiger partial charge is 0.268 e. The van der Waals surface area contributed by atoms with Crippen LogP contribution in [0.5, 0.6) is 0 Å². The number of fused-ring (bicyclic) bond motifs is 1. The number of hydrogen-bond donors (Lipinski definition) is 0. The molecular formula is C16H13NO3S. The Kier molecular flexibility index (Phi) is 3.14. The van der Waals surface area contributed by atoms with Gasteiger partial charge in [-0.15, -0.1) is 0 Å². The number of carbonyl (C=O) groups excluding carboxylic acids is 1. The van der Waals surface area contributed by atoms with Gasteiger partial charge in [-0.25, -0.2) is 12.4 Å². The summed E-state index contributed by atoms with van der Waals surface area (Å²) in [6, 6.07) is 15.0. The summed E-state index contributed by atoms with van der Waals surface area (Å²) in [6.07, 6.45) is 1.54. The maximum atomic E-state index is 12.7. The van der Waals surface area contributed by atoms with E-state index in [1.807, 2.05) is 12.1 Å². The molecule has 106 valence electrons. The average Bonchev–Trinajstić information content (AvgIpc) is 2.92. The fourth-order valence-electron chi connectivity index (χ4n) is 2.24. The second-order valence-electron chi connectivity index (χ2n) is 4.76. The summed E-state index contributed by atoms with van der Waals surface area (Å²) in [7, 11) is -3.66. The Hall–Kier alpha value is -2.40. The Morgan fingerprint density at radius 3 is 2.29 bits per heavy atom. The highest BCUT2D eigenvalue weighted by molar-refractivity contribution is 7.90. The number of nitrogens with zero attached hydrogens (tertiary/aromatic N) is 1. The Morgan fingerprint density at radius 2 is 1.62 bits per heavy atom. The van der Waals surface area contributed by atoms with Crippen molar-refractivity contribution >= 4 is 26.7 Å². The lowest BCUT2D eigenvalue weighted by atomic mass is 10.2.